The molecule has 0 saturated heterocycles. The Morgan fingerprint density at radius 1 is 1.30 bits per heavy atom. The van der Waals surface area contributed by atoms with Crippen molar-refractivity contribution < 1.29 is 14.6 Å². The van der Waals surface area contributed by atoms with Gasteiger partial charge in [-0.3, -0.25) is 0 Å². The van der Waals surface area contributed by atoms with Crippen molar-refractivity contribution in [3.05, 3.63) is 32.7 Å². The van der Waals surface area contributed by atoms with E-state index in [-0.39, 0.29) is 0 Å². The number of aliphatic carboxylic acids is 1. The van der Waals surface area contributed by atoms with Gasteiger partial charge in [-0.1, -0.05) is 26.7 Å². The standard InChI is InChI=1S/C15H18Br2O3/c1-3-10(4-2)9-20-15-12(16)7-11(8-13(15)17)5-6-14(18)19/h5-8,10H,3-4,9H2,1-2H3,(H,18,19)/b6-5+. The lowest BCUT2D eigenvalue weighted by Crippen LogP contribution is -2.10. The Bertz CT molecular complexity index is 471. The van der Waals surface area contributed by atoms with Crippen LogP contribution in [-0.4, -0.2) is 17.7 Å². The number of halogens is 2. The molecule has 0 aromatic heterocycles. The number of ether oxygens (including phenoxy) is 1. The lowest BCUT2D eigenvalue weighted by Gasteiger charge is -2.16. The predicted octanol–water partition coefficient (Wildman–Crippen LogP) is 5.12. The third-order valence-corrected chi connectivity index (χ3v) is 4.24. The monoisotopic (exact) mass is 404 g/mol. The first-order valence-corrected chi connectivity index (χ1v) is 8.09. The largest absolute Gasteiger partial charge is 0.491 e. The van der Waals surface area contributed by atoms with Gasteiger partial charge in [-0.15, -0.1) is 0 Å². The van der Waals surface area contributed by atoms with Crippen molar-refractivity contribution in [1.82, 2.24) is 0 Å². The first-order valence-electron chi connectivity index (χ1n) is 6.50. The van der Waals surface area contributed by atoms with Crippen molar-refractivity contribution >= 4 is 43.9 Å². The number of benzene rings is 1. The van der Waals surface area contributed by atoms with Gasteiger partial charge in [0, 0.05) is 6.08 Å². The van der Waals surface area contributed by atoms with E-state index in [2.05, 4.69) is 45.7 Å². The van der Waals surface area contributed by atoms with Crippen LogP contribution in [0.2, 0.25) is 0 Å². The maximum Gasteiger partial charge on any atom is 0.328 e. The van der Waals surface area contributed by atoms with Crippen LogP contribution < -0.4 is 4.74 Å². The van der Waals surface area contributed by atoms with E-state index < -0.39 is 5.97 Å². The van der Waals surface area contributed by atoms with Crippen LogP contribution in [0.3, 0.4) is 0 Å². The summed E-state index contributed by atoms with van der Waals surface area (Å²) in [7, 11) is 0. The molecule has 0 aliphatic rings. The van der Waals surface area contributed by atoms with E-state index in [1.54, 1.807) is 6.08 Å². The van der Waals surface area contributed by atoms with E-state index in [4.69, 9.17) is 9.84 Å². The number of rotatable bonds is 7. The van der Waals surface area contributed by atoms with Gasteiger partial charge < -0.3 is 9.84 Å². The van der Waals surface area contributed by atoms with Crippen molar-refractivity contribution in [2.45, 2.75) is 26.7 Å². The zero-order chi connectivity index (χ0) is 15.1. The van der Waals surface area contributed by atoms with Crippen LogP contribution in [0, 0.1) is 5.92 Å². The molecule has 0 heterocycles. The number of hydrogen-bond acceptors (Lipinski definition) is 2. The van der Waals surface area contributed by atoms with Gasteiger partial charge in [0.15, 0.2) is 0 Å². The fourth-order valence-electron chi connectivity index (χ4n) is 1.71. The zero-order valence-corrected chi connectivity index (χ0v) is 14.7. The highest BCUT2D eigenvalue weighted by molar-refractivity contribution is 9.11. The van der Waals surface area contributed by atoms with Crippen molar-refractivity contribution in [2.75, 3.05) is 6.61 Å². The smallest absolute Gasteiger partial charge is 0.328 e. The molecule has 5 heteroatoms. The molecular weight excluding hydrogens is 388 g/mol. The Morgan fingerprint density at radius 3 is 2.30 bits per heavy atom. The topological polar surface area (TPSA) is 46.5 Å². The minimum Gasteiger partial charge on any atom is -0.491 e. The molecule has 1 aromatic carbocycles. The first-order chi connectivity index (χ1) is 9.47. The molecule has 0 fully saturated rings. The van der Waals surface area contributed by atoms with E-state index >= 15 is 0 Å². The molecule has 0 amide bonds. The van der Waals surface area contributed by atoms with Crippen LogP contribution in [0.4, 0.5) is 0 Å². The van der Waals surface area contributed by atoms with E-state index in [9.17, 15) is 4.79 Å². The van der Waals surface area contributed by atoms with Gasteiger partial charge >= 0.3 is 5.97 Å². The van der Waals surface area contributed by atoms with Crippen LogP contribution in [0.5, 0.6) is 5.75 Å². The van der Waals surface area contributed by atoms with Crippen LogP contribution >= 0.6 is 31.9 Å². The summed E-state index contributed by atoms with van der Waals surface area (Å²) in [6.07, 6.45) is 4.83. The molecule has 20 heavy (non-hydrogen) atoms. The predicted molar refractivity (Wildman–Crippen MR) is 88.1 cm³/mol. The Balaban J connectivity index is 2.86. The SMILES string of the molecule is CCC(CC)COc1c(Br)cc(/C=C/C(=O)O)cc1Br. The van der Waals surface area contributed by atoms with Crippen molar-refractivity contribution in [3.8, 4) is 5.75 Å². The second-order valence-electron chi connectivity index (χ2n) is 4.48. The molecule has 0 bridgehead atoms. The molecule has 1 rings (SSSR count). The molecule has 0 aliphatic carbocycles. The van der Waals surface area contributed by atoms with Crippen LogP contribution in [0.1, 0.15) is 32.3 Å². The fourth-order valence-corrected chi connectivity index (χ4v) is 3.16. The zero-order valence-electron chi connectivity index (χ0n) is 11.5. The average Bonchev–Trinajstić information content (AvgIpc) is 2.40. The Labute approximate surface area is 136 Å². The molecule has 1 aromatic rings. The van der Waals surface area contributed by atoms with Crippen molar-refractivity contribution in [2.24, 2.45) is 5.92 Å². The summed E-state index contributed by atoms with van der Waals surface area (Å²) in [5.74, 6) is 0.330. The average molecular weight is 406 g/mol. The molecule has 3 nitrogen and oxygen atoms in total. The third-order valence-electron chi connectivity index (χ3n) is 3.06. The number of carbonyl (C=O) groups is 1. The quantitative estimate of drug-likeness (QED) is 0.640. The molecule has 0 spiro atoms. The maximum absolute atomic E-state index is 10.5. The van der Waals surface area contributed by atoms with E-state index in [0.29, 0.717) is 12.5 Å². The summed E-state index contributed by atoms with van der Waals surface area (Å²) >= 11 is 6.93. The van der Waals surface area contributed by atoms with Crippen LogP contribution in [0.15, 0.2) is 27.2 Å². The number of carboxylic acid groups (broad SMARTS) is 1. The lowest BCUT2D eigenvalue weighted by molar-refractivity contribution is -0.131. The lowest BCUT2D eigenvalue weighted by atomic mass is 10.1. The van der Waals surface area contributed by atoms with Crippen LogP contribution in [0.25, 0.3) is 6.08 Å². The summed E-state index contributed by atoms with van der Waals surface area (Å²) < 4.78 is 7.47. The minimum absolute atomic E-state index is 0.542. The molecule has 1 N–H and O–H groups in total. The van der Waals surface area contributed by atoms with Gasteiger partial charge in [-0.2, -0.15) is 0 Å². The normalized spacial score (nSPS) is 11.2. The number of hydrogen-bond donors (Lipinski definition) is 1. The third kappa shape index (κ3) is 5.29. The van der Waals surface area contributed by atoms with Gasteiger partial charge in [-0.05, 0) is 61.5 Å². The molecule has 0 atom stereocenters. The van der Waals surface area contributed by atoms with Gasteiger partial charge in [0.05, 0.1) is 15.6 Å². The molecular formula is C15H18Br2O3. The summed E-state index contributed by atoms with van der Waals surface area (Å²) in [6.45, 7) is 4.98. The van der Waals surface area contributed by atoms with E-state index in [1.807, 2.05) is 12.1 Å². The Kier molecular flexibility index (Phi) is 7.30. The second kappa shape index (κ2) is 8.47. The summed E-state index contributed by atoms with van der Waals surface area (Å²) in [4.78, 5) is 10.5. The van der Waals surface area contributed by atoms with Gasteiger partial charge in [0.1, 0.15) is 5.75 Å². The molecule has 110 valence electrons. The highest BCUT2D eigenvalue weighted by atomic mass is 79.9. The fraction of sp³-hybridized carbons (Fsp3) is 0.400. The maximum atomic E-state index is 10.5. The molecule has 0 radical (unpaired) electrons. The van der Waals surface area contributed by atoms with Crippen molar-refractivity contribution in [1.29, 1.82) is 0 Å². The van der Waals surface area contributed by atoms with Gasteiger partial charge in [-0.25, -0.2) is 4.79 Å². The molecule has 0 saturated carbocycles. The minimum atomic E-state index is -0.966. The van der Waals surface area contributed by atoms with E-state index in [1.165, 1.54) is 0 Å². The highest BCUT2D eigenvalue weighted by Gasteiger charge is 2.11. The summed E-state index contributed by atoms with van der Waals surface area (Å²) in [5.41, 5.74) is 0.793. The second-order valence-corrected chi connectivity index (χ2v) is 6.19. The molecule has 0 aliphatic heterocycles. The van der Waals surface area contributed by atoms with Gasteiger partial charge in [0.25, 0.3) is 0 Å². The van der Waals surface area contributed by atoms with Crippen LogP contribution in [-0.2, 0) is 4.79 Å². The number of carboxylic acids is 1. The highest BCUT2D eigenvalue weighted by Crippen LogP contribution is 2.35. The summed E-state index contributed by atoms with van der Waals surface area (Å²) in [5, 5.41) is 8.63. The van der Waals surface area contributed by atoms with Gasteiger partial charge in [0.2, 0.25) is 0 Å². The van der Waals surface area contributed by atoms with Crippen molar-refractivity contribution in [3.63, 3.8) is 0 Å². The summed E-state index contributed by atoms with van der Waals surface area (Å²) in [6, 6.07) is 3.68. The molecule has 0 unspecified atom stereocenters. The van der Waals surface area contributed by atoms with E-state index in [0.717, 1.165) is 39.2 Å². The first kappa shape index (κ1) is 17.2. The Hall–Kier alpha value is -0.810. The Morgan fingerprint density at radius 2 is 1.85 bits per heavy atom.